The molecule has 0 saturated carbocycles. The van der Waals surface area contributed by atoms with Crippen LogP contribution in [0.15, 0.2) is 0 Å². The molecule has 0 saturated heterocycles. The summed E-state index contributed by atoms with van der Waals surface area (Å²) in [6.07, 6.45) is 3.07. The molecule has 18 heavy (non-hydrogen) atoms. The summed E-state index contributed by atoms with van der Waals surface area (Å²) >= 11 is 0. The van der Waals surface area contributed by atoms with E-state index in [4.69, 9.17) is 17.2 Å². The van der Waals surface area contributed by atoms with Gasteiger partial charge in [-0.05, 0) is 50.9 Å². The van der Waals surface area contributed by atoms with Crippen LogP contribution >= 0.6 is 0 Å². The van der Waals surface area contributed by atoms with Crippen LogP contribution in [0.4, 0.5) is 0 Å². The Balaban J connectivity index is 0. The highest BCUT2D eigenvalue weighted by Crippen LogP contribution is 2.25. The van der Waals surface area contributed by atoms with Gasteiger partial charge in [0.25, 0.3) is 0 Å². The largest absolute Gasteiger partial charge is 0.330 e. The van der Waals surface area contributed by atoms with Gasteiger partial charge in [-0.15, -0.1) is 0 Å². The van der Waals surface area contributed by atoms with Crippen molar-refractivity contribution in [1.82, 2.24) is 4.90 Å². The Kier molecular flexibility index (Phi) is 13.3. The van der Waals surface area contributed by atoms with Gasteiger partial charge in [-0.3, -0.25) is 0 Å². The van der Waals surface area contributed by atoms with E-state index in [2.05, 4.69) is 39.5 Å². The minimum Gasteiger partial charge on any atom is -0.330 e. The molecule has 0 fully saturated rings. The maximum atomic E-state index is 5.57. The summed E-state index contributed by atoms with van der Waals surface area (Å²) in [4.78, 5) is 2.38. The zero-order valence-electron chi connectivity index (χ0n) is 13.2. The Morgan fingerprint density at radius 3 is 1.61 bits per heavy atom. The predicted octanol–water partition coefficient (Wildman–Crippen LogP) is 1.73. The molecule has 0 amide bonds. The SMILES string of the molecule is CCC(C)(CC)C(N)N.CCN(CC)CCCN. The summed E-state index contributed by atoms with van der Waals surface area (Å²) in [6, 6.07) is 0. The summed E-state index contributed by atoms with van der Waals surface area (Å²) in [6.45, 7) is 15.0. The third kappa shape index (κ3) is 8.86. The monoisotopic (exact) mass is 260 g/mol. The van der Waals surface area contributed by atoms with Crippen molar-refractivity contribution in [2.45, 2.75) is 60.0 Å². The first kappa shape index (κ1) is 20.2. The molecule has 0 spiro atoms. The van der Waals surface area contributed by atoms with Crippen LogP contribution in [0, 0.1) is 5.41 Å². The predicted molar refractivity (Wildman–Crippen MR) is 82.3 cm³/mol. The molecule has 0 bridgehead atoms. The van der Waals surface area contributed by atoms with Gasteiger partial charge < -0.3 is 22.1 Å². The van der Waals surface area contributed by atoms with Crippen molar-refractivity contribution in [3.05, 3.63) is 0 Å². The van der Waals surface area contributed by atoms with E-state index in [1.54, 1.807) is 0 Å². The molecule has 0 aromatic heterocycles. The Labute approximate surface area is 114 Å². The maximum absolute atomic E-state index is 5.57. The molecule has 0 rings (SSSR count). The highest BCUT2D eigenvalue weighted by Gasteiger charge is 2.24. The first-order valence-corrected chi connectivity index (χ1v) is 7.35. The Hall–Kier alpha value is -0.160. The fourth-order valence-corrected chi connectivity index (χ4v) is 1.58. The van der Waals surface area contributed by atoms with E-state index in [0.29, 0.717) is 0 Å². The smallest absolute Gasteiger partial charge is 0.0576 e. The van der Waals surface area contributed by atoms with Gasteiger partial charge in [0.2, 0.25) is 0 Å². The van der Waals surface area contributed by atoms with E-state index in [1.807, 2.05) is 0 Å². The van der Waals surface area contributed by atoms with Crippen LogP contribution in [0.2, 0.25) is 0 Å². The quantitative estimate of drug-likeness (QED) is 0.581. The number of nitrogens with two attached hydrogens (primary N) is 3. The summed E-state index contributed by atoms with van der Waals surface area (Å²) in [7, 11) is 0. The molecule has 4 heteroatoms. The third-order valence-electron chi connectivity index (χ3n) is 3.99. The van der Waals surface area contributed by atoms with Crippen LogP contribution in [-0.4, -0.2) is 37.2 Å². The molecule has 0 aliphatic carbocycles. The zero-order chi connectivity index (χ0) is 14.6. The summed E-state index contributed by atoms with van der Waals surface area (Å²) < 4.78 is 0. The Morgan fingerprint density at radius 2 is 1.44 bits per heavy atom. The number of hydrogen-bond acceptors (Lipinski definition) is 4. The first-order valence-electron chi connectivity index (χ1n) is 7.35. The highest BCUT2D eigenvalue weighted by atomic mass is 15.1. The molecule has 4 nitrogen and oxygen atoms in total. The molecule has 0 atom stereocenters. The molecular formula is C14H36N4. The molecule has 6 N–H and O–H groups in total. The lowest BCUT2D eigenvalue weighted by molar-refractivity contribution is 0.236. The fraction of sp³-hybridized carbons (Fsp3) is 1.00. The Morgan fingerprint density at radius 1 is 1.00 bits per heavy atom. The lowest BCUT2D eigenvalue weighted by Gasteiger charge is -2.30. The molecule has 0 heterocycles. The average molecular weight is 260 g/mol. The van der Waals surface area contributed by atoms with Crippen LogP contribution in [-0.2, 0) is 0 Å². The van der Waals surface area contributed by atoms with Crippen molar-refractivity contribution >= 4 is 0 Å². The normalized spacial score (nSPS) is 11.7. The number of nitrogens with zero attached hydrogens (tertiary/aromatic N) is 1. The summed E-state index contributed by atoms with van der Waals surface area (Å²) in [5.74, 6) is 0. The minimum absolute atomic E-state index is 0.139. The number of rotatable bonds is 8. The van der Waals surface area contributed by atoms with Gasteiger partial charge in [0, 0.05) is 0 Å². The average Bonchev–Trinajstić information content (AvgIpc) is 2.39. The van der Waals surface area contributed by atoms with Gasteiger partial charge in [-0.25, -0.2) is 0 Å². The van der Waals surface area contributed by atoms with Gasteiger partial charge in [-0.2, -0.15) is 0 Å². The molecule has 0 aliphatic rings. The van der Waals surface area contributed by atoms with Crippen molar-refractivity contribution < 1.29 is 0 Å². The van der Waals surface area contributed by atoms with Crippen molar-refractivity contribution in [3.63, 3.8) is 0 Å². The Bertz CT molecular complexity index is 163. The maximum Gasteiger partial charge on any atom is 0.0576 e. The van der Waals surface area contributed by atoms with E-state index in [0.717, 1.165) is 45.4 Å². The second kappa shape index (κ2) is 11.9. The van der Waals surface area contributed by atoms with Crippen molar-refractivity contribution in [2.24, 2.45) is 22.6 Å². The molecule has 0 aromatic carbocycles. The van der Waals surface area contributed by atoms with E-state index in [-0.39, 0.29) is 11.6 Å². The minimum atomic E-state index is -0.174. The van der Waals surface area contributed by atoms with Crippen LogP contribution in [0.5, 0.6) is 0 Å². The lowest BCUT2D eigenvalue weighted by Crippen LogP contribution is -2.45. The van der Waals surface area contributed by atoms with Gasteiger partial charge >= 0.3 is 0 Å². The van der Waals surface area contributed by atoms with Gasteiger partial charge in [0.05, 0.1) is 6.17 Å². The van der Waals surface area contributed by atoms with Crippen LogP contribution in [0.1, 0.15) is 53.9 Å². The van der Waals surface area contributed by atoms with Crippen molar-refractivity contribution in [2.75, 3.05) is 26.2 Å². The summed E-state index contributed by atoms with van der Waals surface area (Å²) in [5, 5.41) is 0. The van der Waals surface area contributed by atoms with Crippen LogP contribution in [0.25, 0.3) is 0 Å². The van der Waals surface area contributed by atoms with E-state index >= 15 is 0 Å². The zero-order valence-corrected chi connectivity index (χ0v) is 13.2. The van der Waals surface area contributed by atoms with Gasteiger partial charge in [0.1, 0.15) is 0 Å². The molecular weight excluding hydrogens is 224 g/mol. The fourth-order valence-electron chi connectivity index (χ4n) is 1.58. The molecule has 0 unspecified atom stereocenters. The highest BCUT2D eigenvalue weighted by molar-refractivity contribution is 4.78. The van der Waals surface area contributed by atoms with Crippen molar-refractivity contribution in [3.8, 4) is 0 Å². The second-order valence-electron chi connectivity index (χ2n) is 5.06. The lowest BCUT2D eigenvalue weighted by atomic mass is 9.82. The summed E-state index contributed by atoms with van der Waals surface area (Å²) in [5.41, 5.74) is 16.6. The van der Waals surface area contributed by atoms with E-state index in [1.165, 1.54) is 0 Å². The van der Waals surface area contributed by atoms with Crippen LogP contribution < -0.4 is 17.2 Å². The first-order chi connectivity index (χ1) is 8.41. The third-order valence-corrected chi connectivity index (χ3v) is 3.99. The number of hydrogen-bond donors (Lipinski definition) is 3. The molecule has 0 aromatic rings. The van der Waals surface area contributed by atoms with E-state index < -0.39 is 0 Å². The van der Waals surface area contributed by atoms with Crippen LogP contribution in [0.3, 0.4) is 0 Å². The van der Waals surface area contributed by atoms with Gasteiger partial charge in [-0.1, -0.05) is 34.6 Å². The second-order valence-corrected chi connectivity index (χ2v) is 5.06. The van der Waals surface area contributed by atoms with Crippen molar-refractivity contribution in [1.29, 1.82) is 0 Å². The topological polar surface area (TPSA) is 81.3 Å². The molecule has 112 valence electrons. The van der Waals surface area contributed by atoms with E-state index in [9.17, 15) is 0 Å². The van der Waals surface area contributed by atoms with Gasteiger partial charge in [0.15, 0.2) is 0 Å². The standard InChI is InChI=1S/2C7H18N2/c1-4-7(3,5-2)6(8)9;1-3-9(4-2)7-5-6-8/h6H,4-5,8-9H2,1-3H3;3-8H2,1-2H3. The molecule has 0 aliphatic heterocycles. The molecule has 0 radical (unpaired) electrons.